The highest BCUT2D eigenvalue weighted by Crippen LogP contribution is 2.48. The number of hydrazone groups is 1. The molecule has 0 fully saturated rings. The van der Waals surface area contributed by atoms with E-state index in [1.165, 1.54) is 0 Å². The SMILES string of the molecule is Oc1ccccc1C1=NN2[C@@H](c3ccccn3)Oc3ccc(Cl)cc3[C@@H]2C1. The second-order valence-corrected chi connectivity index (χ2v) is 7.01. The predicted octanol–water partition coefficient (Wildman–Crippen LogP) is 4.68. The molecule has 0 unspecified atom stereocenters. The number of phenolic OH excluding ortho intramolecular Hbond substituents is 1. The zero-order chi connectivity index (χ0) is 18.4. The van der Waals surface area contributed by atoms with Crippen molar-refractivity contribution in [3.63, 3.8) is 0 Å². The van der Waals surface area contributed by atoms with Crippen LogP contribution in [0.4, 0.5) is 0 Å². The van der Waals surface area contributed by atoms with Gasteiger partial charge in [-0.3, -0.25) is 4.98 Å². The quantitative estimate of drug-likeness (QED) is 0.704. The maximum atomic E-state index is 10.3. The molecule has 0 amide bonds. The van der Waals surface area contributed by atoms with E-state index in [1.54, 1.807) is 18.3 Å². The van der Waals surface area contributed by atoms with E-state index in [0.29, 0.717) is 11.4 Å². The average Bonchev–Trinajstić information content (AvgIpc) is 3.14. The standard InChI is InChI=1S/C21H16ClN3O2/c22-13-8-9-20-15(11-13)18-12-17(14-5-1-2-7-19(14)26)24-25(18)21(27-20)16-6-3-4-10-23-16/h1-11,18,21,26H,12H2/t18-,21+/m0/s1. The van der Waals surface area contributed by atoms with Crippen LogP contribution < -0.4 is 4.74 Å². The number of fused-ring (bicyclic) bond motifs is 3. The van der Waals surface area contributed by atoms with Crippen LogP contribution in [-0.2, 0) is 0 Å². The summed E-state index contributed by atoms with van der Waals surface area (Å²) >= 11 is 6.24. The number of rotatable bonds is 2. The maximum Gasteiger partial charge on any atom is 0.230 e. The Kier molecular flexibility index (Phi) is 3.76. The van der Waals surface area contributed by atoms with Crippen molar-refractivity contribution in [2.75, 3.05) is 0 Å². The number of nitrogens with zero attached hydrogens (tertiary/aromatic N) is 3. The third-order valence-corrected chi connectivity index (χ3v) is 5.14. The zero-order valence-electron chi connectivity index (χ0n) is 14.3. The molecule has 0 saturated heterocycles. The number of benzene rings is 2. The molecule has 0 bridgehead atoms. The molecule has 1 aromatic heterocycles. The molecule has 2 aliphatic rings. The summed E-state index contributed by atoms with van der Waals surface area (Å²) in [7, 11) is 0. The van der Waals surface area contributed by atoms with Crippen LogP contribution in [0.5, 0.6) is 11.5 Å². The van der Waals surface area contributed by atoms with Gasteiger partial charge in [-0.05, 0) is 42.5 Å². The van der Waals surface area contributed by atoms with Crippen molar-refractivity contribution >= 4 is 17.3 Å². The first-order chi connectivity index (χ1) is 13.2. The van der Waals surface area contributed by atoms with E-state index in [0.717, 1.165) is 28.3 Å². The van der Waals surface area contributed by atoms with Crippen LogP contribution in [0.1, 0.15) is 35.5 Å². The highest BCUT2D eigenvalue weighted by molar-refractivity contribution is 6.30. The molecule has 3 heterocycles. The van der Waals surface area contributed by atoms with E-state index in [4.69, 9.17) is 21.4 Å². The molecule has 0 spiro atoms. The fourth-order valence-corrected chi connectivity index (χ4v) is 3.84. The van der Waals surface area contributed by atoms with Gasteiger partial charge in [0.25, 0.3) is 0 Å². The minimum atomic E-state index is -0.437. The molecule has 6 heteroatoms. The van der Waals surface area contributed by atoms with Crippen LogP contribution in [0.15, 0.2) is 72.0 Å². The molecule has 5 nitrogen and oxygen atoms in total. The number of ether oxygens (including phenoxy) is 1. The summed E-state index contributed by atoms with van der Waals surface area (Å²) in [5.41, 5.74) is 3.32. The highest BCUT2D eigenvalue weighted by atomic mass is 35.5. The lowest BCUT2D eigenvalue weighted by molar-refractivity contribution is -0.0218. The summed E-state index contributed by atoms with van der Waals surface area (Å²) in [6.45, 7) is 0. The Labute approximate surface area is 161 Å². The number of aromatic nitrogens is 1. The van der Waals surface area contributed by atoms with Crippen molar-refractivity contribution in [3.8, 4) is 11.5 Å². The second-order valence-electron chi connectivity index (χ2n) is 6.57. The van der Waals surface area contributed by atoms with Gasteiger partial charge in [0.2, 0.25) is 6.23 Å². The van der Waals surface area contributed by atoms with E-state index in [2.05, 4.69) is 4.98 Å². The van der Waals surface area contributed by atoms with Crippen LogP contribution in [-0.4, -0.2) is 20.8 Å². The number of halogens is 1. The number of hydrogen-bond donors (Lipinski definition) is 1. The first-order valence-electron chi connectivity index (χ1n) is 8.72. The van der Waals surface area contributed by atoms with Crippen LogP contribution in [0.25, 0.3) is 0 Å². The Bertz CT molecular complexity index is 1040. The van der Waals surface area contributed by atoms with Crippen LogP contribution >= 0.6 is 11.6 Å². The Balaban J connectivity index is 1.63. The molecule has 2 aromatic carbocycles. The molecule has 0 saturated carbocycles. The molecule has 27 heavy (non-hydrogen) atoms. The molecule has 5 rings (SSSR count). The lowest BCUT2D eigenvalue weighted by atomic mass is 9.96. The highest BCUT2D eigenvalue weighted by Gasteiger charge is 2.41. The van der Waals surface area contributed by atoms with Crippen LogP contribution in [0, 0.1) is 0 Å². The smallest absolute Gasteiger partial charge is 0.230 e. The fraction of sp³-hybridized carbons (Fsp3) is 0.143. The van der Waals surface area contributed by atoms with Gasteiger partial charge in [-0.2, -0.15) is 5.10 Å². The summed E-state index contributed by atoms with van der Waals surface area (Å²) < 4.78 is 6.24. The van der Waals surface area contributed by atoms with E-state index in [9.17, 15) is 5.11 Å². The van der Waals surface area contributed by atoms with Gasteiger partial charge in [0.05, 0.1) is 11.8 Å². The largest absolute Gasteiger partial charge is 0.507 e. The molecule has 2 atom stereocenters. The fourth-order valence-electron chi connectivity index (χ4n) is 3.66. The first-order valence-corrected chi connectivity index (χ1v) is 9.10. The van der Waals surface area contributed by atoms with Crippen molar-refractivity contribution in [2.45, 2.75) is 18.7 Å². The number of aromatic hydroxyl groups is 1. The van der Waals surface area contributed by atoms with Gasteiger partial charge in [-0.25, -0.2) is 5.01 Å². The van der Waals surface area contributed by atoms with E-state index >= 15 is 0 Å². The predicted molar refractivity (Wildman–Crippen MR) is 103 cm³/mol. The van der Waals surface area contributed by atoms with Gasteiger partial charge in [0.1, 0.15) is 17.2 Å². The summed E-state index contributed by atoms with van der Waals surface area (Å²) in [4.78, 5) is 4.46. The third kappa shape index (κ3) is 2.71. The first kappa shape index (κ1) is 16.1. The van der Waals surface area contributed by atoms with Gasteiger partial charge in [-0.1, -0.05) is 29.8 Å². The lowest BCUT2D eigenvalue weighted by Gasteiger charge is -2.37. The topological polar surface area (TPSA) is 58.0 Å². The zero-order valence-corrected chi connectivity index (χ0v) is 15.0. The Morgan fingerprint density at radius 2 is 1.93 bits per heavy atom. The van der Waals surface area contributed by atoms with Crippen molar-refractivity contribution in [2.24, 2.45) is 5.10 Å². The Morgan fingerprint density at radius 3 is 2.74 bits per heavy atom. The van der Waals surface area contributed by atoms with Gasteiger partial charge >= 0.3 is 0 Å². The summed E-state index contributed by atoms with van der Waals surface area (Å²) in [5, 5.41) is 17.6. The molecule has 2 aliphatic heterocycles. The van der Waals surface area contributed by atoms with E-state index in [1.807, 2.05) is 53.5 Å². The molecule has 1 N–H and O–H groups in total. The van der Waals surface area contributed by atoms with Gasteiger partial charge < -0.3 is 9.84 Å². The van der Waals surface area contributed by atoms with Crippen molar-refractivity contribution in [1.29, 1.82) is 0 Å². The summed E-state index contributed by atoms with van der Waals surface area (Å²) in [6.07, 6.45) is 1.96. The van der Waals surface area contributed by atoms with Crippen LogP contribution in [0.3, 0.4) is 0 Å². The molecule has 134 valence electrons. The van der Waals surface area contributed by atoms with Gasteiger partial charge in [-0.15, -0.1) is 0 Å². The van der Waals surface area contributed by atoms with Gasteiger partial charge in [0.15, 0.2) is 0 Å². The van der Waals surface area contributed by atoms with Gasteiger partial charge in [0, 0.05) is 28.8 Å². The number of hydrogen-bond acceptors (Lipinski definition) is 5. The molecule has 0 radical (unpaired) electrons. The Morgan fingerprint density at radius 1 is 1.07 bits per heavy atom. The molecular weight excluding hydrogens is 362 g/mol. The molecular formula is C21H16ClN3O2. The third-order valence-electron chi connectivity index (χ3n) is 4.91. The van der Waals surface area contributed by atoms with Crippen LogP contribution in [0.2, 0.25) is 5.02 Å². The van der Waals surface area contributed by atoms with Crippen molar-refractivity contribution in [1.82, 2.24) is 9.99 Å². The number of pyridine rings is 1. The second kappa shape index (κ2) is 6.28. The number of para-hydroxylation sites is 1. The minimum Gasteiger partial charge on any atom is -0.507 e. The summed E-state index contributed by atoms with van der Waals surface area (Å²) in [6, 6.07) is 18.6. The number of phenols is 1. The van der Waals surface area contributed by atoms with E-state index < -0.39 is 6.23 Å². The summed E-state index contributed by atoms with van der Waals surface area (Å²) in [5.74, 6) is 1.00. The normalized spacial score (nSPS) is 20.5. The van der Waals surface area contributed by atoms with Crippen molar-refractivity contribution < 1.29 is 9.84 Å². The Hall–Kier alpha value is -3.05. The minimum absolute atomic E-state index is 0.0333. The molecule has 3 aromatic rings. The maximum absolute atomic E-state index is 10.3. The lowest BCUT2D eigenvalue weighted by Crippen LogP contribution is -2.34. The molecule has 0 aliphatic carbocycles. The average molecular weight is 378 g/mol. The monoisotopic (exact) mass is 377 g/mol. The van der Waals surface area contributed by atoms with E-state index in [-0.39, 0.29) is 11.8 Å². The van der Waals surface area contributed by atoms with Crippen molar-refractivity contribution in [3.05, 3.63) is 88.7 Å².